The van der Waals surface area contributed by atoms with Gasteiger partial charge in [-0.15, -0.1) is 0 Å². The molecule has 0 aromatic carbocycles. The number of anilines is 1. The number of nitrogens with zero attached hydrogens (tertiary/aromatic N) is 4. The summed E-state index contributed by atoms with van der Waals surface area (Å²) in [6.45, 7) is 6.66. The van der Waals surface area contributed by atoms with Crippen LogP contribution in [0.2, 0.25) is 0 Å². The van der Waals surface area contributed by atoms with Gasteiger partial charge in [0.1, 0.15) is 11.9 Å². The van der Waals surface area contributed by atoms with Crippen LogP contribution in [0.3, 0.4) is 0 Å². The number of nitriles is 1. The van der Waals surface area contributed by atoms with Gasteiger partial charge in [-0.25, -0.2) is 9.97 Å². The van der Waals surface area contributed by atoms with E-state index in [1.54, 1.807) is 12.4 Å². The topological polar surface area (TPSA) is 52.8 Å². The minimum Gasteiger partial charge on any atom is -0.355 e. The third kappa shape index (κ3) is 2.94. The summed E-state index contributed by atoms with van der Waals surface area (Å²) >= 11 is 0. The quantitative estimate of drug-likeness (QED) is 0.799. The summed E-state index contributed by atoms with van der Waals surface area (Å²) in [7, 11) is 0. The molecule has 2 heterocycles. The molecule has 1 aliphatic heterocycles. The van der Waals surface area contributed by atoms with Crippen molar-refractivity contribution in [2.75, 3.05) is 18.0 Å². The molecule has 4 nitrogen and oxygen atoms in total. The normalized spacial score (nSPS) is 19.6. The summed E-state index contributed by atoms with van der Waals surface area (Å²) in [6.07, 6.45) is 5.77. The van der Waals surface area contributed by atoms with Gasteiger partial charge < -0.3 is 4.90 Å². The van der Waals surface area contributed by atoms with Gasteiger partial charge in [-0.05, 0) is 24.7 Å². The molecule has 1 fully saturated rings. The van der Waals surface area contributed by atoms with Crippen LogP contribution in [0.1, 0.15) is 32.4 Å². The van der Waals surface area contributed by atoms with Gasteiger partial charge in [0.05, 0.1) is 12.4 Å². The second kappa shape index (κ2) is 5.13. The Morgan fingerprint density at radius 1 is 1.47 bits per heavy atom. The minimum atomic E-state index is 0.381. The average molecular weight is 230 g/mol. The molecule has 90 valence electrons. The van der Waals surface area contributed by atoms with Crippen LogP contribution in [-0.2, 0) is 0 Å². The molecule has 1 saturated heterocycles. The van der Waals surface area contributed by atoms with Gasteiger partial charge in [0.15, 0.2) is 5.69 Å². The largest absolute Gasteiger partial charge is 0.355 e. The Hall–Kier alpha value is -1.63. The highest BCUT2D eigenvalue weighted by Crippen LogP contribution is 2.26. The van der Waals surface area contributed by atoms with E-state index in [4.69, 9.17) is 5.26 Å². The molecule has 0 aliphatic carbocycles. The van der Waals surface area contributed by atoms with Crippen LogP contribution >= 0.6 is 0 Å². The maximum atomic E-state index is 8.67. The second-order valence-corrected chi connectivity index (χ2v) is 5.10. The Bertz CT molecular complexity index is 404. The molecular formula is C13H18N4. The van der Waals surface area contributed by atoms with Crippen molar-refractivity contribution in [1.82, 2.24) is 9.97 Å². The van der Waals surface area contributed by atoms with Crippen LogP contribution in [-0.4, -0.2) is 23.1 Å². The summed E-state index contributed by atoms with van der Waals surface area (Å²) in [6, 6.07) is 1.99. The van der Waals surface area contributed by atoms with E-state index in [9.17, 15) is 0 Å². The lowest BCUT2D eigenvalue weighted by Crippen LogP contribution is -2.21. The summed E-state index contributed by atoms with van der Waals surface area (Å²) < 4.78 is 0. The van der Waals surface area contributed by atoms with Crippen molar-refractivity contribution in [2.24, 2.45) is 11.8 Å². The third-order valence-electron chi connectivity index (χ3n) is 3.17. The monoisotopic (exact) mass is 230 g/mol. The Labute approximate surface area is 102 Å². The molecule has 4 heteroatoms. The van der Waals surface area contributed by atoms with Crippen molar-refractivity contribution in [3.8, 4) is 6.07 Å². The van der Waals surface area contributed by atoms with E-state index < -0.39 is 0 Å². The van der Waals surface area contributed by atoms with Crippen LogP contribution in [0, 0.1) is 23.2 Å². The minimum absolute atomic E-state index is 0.381. The first-order chi connectivity index (χ1) is 8.19. The summed E-state index contributed by atoms with van der Waals surface area (Å²) in [4.78, 5) is 10.6. The zero-order valence-corrected chi connectivity index (χ0v) is 10.4. The highest BCUT2D eigenvalue weighted by Gasteiger charge is 2.24. The fourth-order valence-electron chi connectivity index (χ4n) is 2.44. The highest BCUT2D eigenvalue weighted by atomic mass is 15.2. The van der Waals surface area contributed by atoms with E-state index in [-0.39, 0.29) is 0 Å². The summed E-state index contributed by atoms with van der Waals surface area (Å²) in [5.41, 5.74) is 0.381. The summed E-state index contributed by atoms with van der Waals surface area (Å²) in [5.74, 6) is 2.43. The van der Waals surface area contributed by atoms with Crippen molar-refractivity contribution < 1.29 is 0 Å². The van der Waals surface area contributed by atoms with Crippen LogP contribution in [0.15, 0.2) is 12.4 Å². The van der Waals surface area contributed by atoms with E-state index in [0.717, 1.165) is 30.7 Å². The second-order valence-electron chi connectivity index (χ2n) is 5.10. The Morgan fingerprint density at radius 3 is 2.88 bits per heavy atom. The molecule has 0 spiro atoms. The third-order valence-corrected chi connectivity index (χ3v) is 3.17. The maximum Gasteiger partial charge on any atom is 0.158 e. The number of rotatable bonds is 3. The van der Waals surface area contributed by atoms with E-state index in [1.807, 2.05) is 6.07 Å². The first kappa shape index (κ1) is 11.8. The molecule has 1 aliphatic rings. The van der Waals surface area contributed by atoms with Gasteiger partial charge in [0, 0.05) is 13.1 Å². The molecule has 0 bridgehead atoms. The molecule has 0 amide bonds. The Kier molecular flexibility index (Phi) is 3.58. The van der Waals surface area contributed by atoms with Crippen LogP contribution < -0.4 is 4.90 Å². The van der Waals surface area contributed by atoms with Gasteiger partial charge in [-0.3, -0.25) is 0 Å². The van der Waals surface area contributed by atoms with Gasteiger partial charge in [0.25, 0.3) is 0 Å². The van der Waals surface area contributed by atoms with E-state index in [0.29, 0.717) is 5.69 Å². The van der Waals surface area contributed by atoms with Gasteiger partial charge in [-0.1, -0.05) is 13.8 Å². The lowest BCUT2D eigenvalue weighted by Gasteiger charge is -2.17. The van der Waals surface area contributed by atoms with Crippen molar-refractivity contribution in [1.29, 1.82) is 5.26 Å². The molecule has 2 rings (SSSR count). The van der Waals surface area contributed by atoms with Crippen molar-refractivity contribution in [3.63, 3.8) is 0 Å². The number of aromatic nitrogens is 2. The highest BCUT2D eigenvalue weighted by molar-refractivity contribution is 5.38. The zero-order valence-electron chi connectivity index (χ0n) is 10.4. The average Bonchev–Trinajstić information content (AvgIpc) is 2.77. The Morgan fingerprint density at radius 2 is 2.29 bits per heavy atom. The zero-order chi connectivity index (χ0) is 12.3. The van der Waals surface area contributed by atoms with E-state index in [2.05, 4.69) is 28.7 Å². The SMILES string of the molecule is CC(C)CC1CCN(c2cnc(C#N)cn2)C1. The lowest BCUT2D eigenvalue weighted by molar-refractivity contribution is 0.441. The first-order valence-electron chi connectivity index (χ1n) is 6.16. The predicted molar refractivity (Wildman–Crippen MR) is 66.5 cm³/mol. The van der Waals surface area contributed by atoms with Crippen LogP contribution in [0.5, 0.6) is 0 Å². The molecule has 17 heavy (non-hydrogen) atoms. The molecule has 1 atom stereocenters. The fraction of sp³-hybridized carbons (Fsp3) is 0.615. The van der Waals surface area contributed by atoms with E-state index in [1.165, 1.54) is 12.8 Å². The van der Waals surface area contributed by atoms with Crippen molar-refractivity contribution >= 4 is 5.82 Å². The van der Waals surface area contributed by atoms with Gasteiger partial charge >= 0.3 is 0 Å². The van der Waals surface area contributed by atoms with Crippen LogP contribution in [0.25, 0.3) is 0 Å². The molecule has 0 N–H and O–H groups in total. The van der Waals surface area contributed by atoms with Crippen molar-refractivity contribution in [3.05, 3.63) is 18.1 Å². The smallest absolute Gasteiger partial charge is 0.158 e. The van der Waals surface area contributed by atoms with Gasteiger partial charge in [-0.2, -0.15) is 5.26 Å². The van der Waals surface area contributed by atoms with Crippen molar-refractivity contribution in [2.45, 2.75) is 26.7 Å². The van der Waals surface area contributed by atoms with Gasteiger partial charge in [0.2, 0.25) is 0 Å². The Balaban J connectivity index is 1.98. The number of hydrogen-bond donors (Lipinski definition) is 0. The predicted octanol–water partition coefficient (Wildman–Crippen LogP) is 2.22. The summed E-state index contributed by atoms with van der Waals surface area (Å²) in [5, 5.41) is 8.67. The molecule has 1 aromatic heterocycles. The first-order valence-corrected chi connectivity index (χ1v) is 6.16. The molecular weight excluding hydrogens is 212 g/mol. The lowest BCUT2D eigenvalue weighted by atomic mass is 9.97. The molecule has 1 unspecified atom stereocenters. The van der Waals surface area contributed by atoms with E-state index >= 15 is 0 Å². The molecule has 1 aromatic rings. The maximum absolute atomic E-state index is 8.67. The van der Waals surface area contributed by atoms with Crippen LogP contribution in [0.4, 0.5) is 5.82 Å². The number of hydrogen-bond acceptors (Lipinski definition) is 4. The molecule has 0 saturated carbocycles. The fourth-order valence-corrected chi connectivity index (χ4v) is 2.44. The standard InChI is InChI=1S/C13H18N4/c1-10(2)5-11-3-4-17(9-11)13-8-15-12(6-14)7-16-13/h7-8,10-11H,3-5,9H2,1-2H3. The molecule has 0 radical (unpaired) electrons.